The fourth-order valence-corrected chi connectivity index (χ4v) is 4.24. The monoisotopic (exact) mass is 224 g/mol. The Hall–Kier alpha value is 0.447. The Morgan fingerprint density at radius 3 is 1.92 bits per heavy atom. The molecule has 0 saturated carbocycles. The highest BCUT2D eigenvalue weighted by molar-refractivity contribution is 7.83. The second kappa shape index (κ2) is 6.84. The molecule has 0 spiro atoms. The second-order valence-corrected chi connectivity index (χ2v) is 7.11. The lowest BCUT2D eigenvalue weighted by Crippen LogP contribution is -2.52. The molecule has 0 aromatic rings. The zero-order valence-electron chi connectivity index (χ0n) is 8.87. The molecule has 0 aromatic heterocycles. The summed E-state index contributed by atoms with van der Waals surface area (Å²) < 4.78 is 15.9. The molecule has 0 aliphatic heterocycles. The third-order valence-corrected chi connectivity index (χ3v) is 6.11. The van der Waals surface area contributed by atoms with Crippen LogP contribution in [0.1, 0.15) is 26.2 Å². The van der Waals surface area contributed by atoms with E-state index in [0.717, 1.165) is 19.3 Å². The van der Waals surface area contributed by atoms with Gasteiger partial charge in [0.1, 0.15) is 0 Å². The third kappa shape index (κ3) is 3.59. The highest BCUT2D eigenvalue weighted by Gasteiger charge is 2.44. The van der Waals surface area contributed by atoms with E-state index in [2.05, 4.69) is 19.6 Å². The van der Waals surface area contributed by atoms with Crippen LogP contribution in [0.3, 0.4) is 0 Å². The normalized spacial score (nSPS) is 14.5. The van der Waals surface area contributed by atoms with Gasteiger partial charge in [0.15, 0.2) is 0 Å². The molecule has 0 aromatic carbocycles. The summed E-state index contributed by atoms with van der Waals surface area (Å²) >= 11 is 4.47. The van der Waals surface area contributed by atoms with Gasteiger partial charge in [-0.05, 0) is 6.42 Å². The van der Waals surface area contributed by atoms with Crippen molar-refractivity contribution in [3.63, 3.8) is 0 Å². The maximum absolute atomic E-state index is 5.31. The Morgan fingerprint density at radius 1 is 1.15 bits per heavy atom. The molecule has 13 heavy (non-hydrogen) atoms. The molecule has 0 fully saturated rings. The average molecular weight is 224 g/mol. The van der Waals surface area contributed by atoms with Gasteiger partial charge in [0, 0.05) is 21.3 Å². The fraction of sp³-hybridized carbons (Fsp3) is 1.00. The van der Waals surface area contributed by atoms with Gasteiger partial charge in [0.25, 0.3) is 0 Å². The second-order valence-electron chi connectivity index (χ2n) is 2.87. The lowest BCUT2D eigenvalue weighted by atomic mass is 10.3. The molecular weight excluding hydrogens is 204 g/mol. The van der Waals surface area contributed by atoms with Gasteiger partial charge in [-0.2, -0.15) is 12.6 Å². The molecule has 0 aliphatic rings. The number of thiol groups is 1. The lowest BCUT2D eigenvalue weighted by Gasteiger charge is -2.29. The van der Waals surface area contributed by atoms with Crippen LogP contribution in [0.5, 0.6) is 0 Å². The Morgan fingerprint density at radius 2 is 1.62 bits per heavy atom. The predicted octanol–water partition coefficient (Wildman–Crippen LogP) is 1.89. The van der Waals surface area contributed by atoms with Crippen molar-refractivity contribution < 1.29 is 13.3 Å². The minimum Gasteiger partial charge on any atom is -0.376 e. The van der Waals surface area contributed by atoms with Gasteiger partial charge in [-0.1, -0.05) is 19.8 Å². The van der Waals surface area contributed by atoms with Crippen molar-refractivity contribution in [2.45, 2.75) is 31.1 Å². The predicted molar refractivity (Wildman–Crippen MR) is 59.1 cm³/mol. The maximum Gasteiger partial charge on any atom is 0.513 e. The molecule has 0 amide bonds. The summed E-state index contributed by atoms with van der Waals surface area (Å²) in [6, 6.07) is 0. The van der Waals surface area contributed by atoms with Crippen molar-refractivity contribution >= 4 is 21.4 Å². The first-order chi connectivity index (χ1) is 6.16. The van der Waals surface area contributed by atoms with Crippen LogP contribution in [0.2, 0.25) is 0 Å². The molecule has 0 radical (unpaired) electrons. The molecular formula is C8H20O3SSi. The van der Waals surface area contributed by atoms with Crippen LogP contribution in [0.25, 0.3) is 0 Å². The van der Waals surface area contributed by atoms with E-state index in [0.29, 0.717) is 0 Å². The maximum atomic E-state index is 5.31. The number of hydrogen-bond acceptors (Lipinski definition) is 4. The number of unbranched alkanes of at least 4 members (excludes halogenated alkanes) is 1. The zero-order valence-corrected chi connectivity index (χ0v) is 10.8. The van der Waals surface area contributed by atoms with Crippen LogP contribution in [0.4, 0.5) is 0 Å². The first kappa shape index (κ1) is 13.4. The molecule has 0 rings (SSSR count). The molecule has 0 aliphatic carbocycles. The van der Waals surface area contributed by atoms with E-state index in [1.165, 1.54) is 0 Å². The molecule has 3 nitrogen and oxygen atoms in total. The molecule has 5 heteroatoms. The van der Waals surface area contributed by atoms with Crippen molar-refractivity contribution in [1.82, 2.24) is 0 Å². The van der Waals surface area contributed by atoms with Crippen LogP contribution in [-0.2, 0) is 13.3 Å². The van der Waals surface area contributed by atoms with Gasteiger partial charge < -0.3 is 13.3 Å². The summed E-state index contributed by atoms with van der Waals surface area (Å²) in [5.74, 6) is 0. The molecule has 0 N–H and O–H groups in total. The van der Waals surface area contributed by atoms with Crippen molar-refractivity contribution in [3.8, 4) is 0 Å². The molecule has 1 unspecified atom stereocenters. The van der Waals surface area contributed by atoms with Crippen LogP contribution >= 0.6 is 12.6 Å². The molecule has 0 saturated heterocycles. The fourth-order valence-electron chi connectivity index (χ4n) is 1.23. The highest BCUT2D eigenvalue weighted by Crippen LogP contribution is 2.21. The number of hydrogen-bond donors (Lipinski definition) is 1. The van der Waals surface area contributed by atoms with E-state index >= 15 is 0 Å². The summed E-state index contributed by atoms with van der Waals surface area (Å²) in [7, 11) is 2.36. The largest absolute Gasteiger partial charge is 0.513 e. The molecule has 0 heterocycles. The lowest BCUT2D eigenvalue weighted by molar-refractivity contribution is 0.120. The Balaban J connectivity index is 4.17. The van der Waals surface area contributed by atoms with Gasteiger partial charge in [-0.15, -0.1) is 0 Å². The first-order valence-electron chi connectivity index (χ1n) is 4.50. The van der Waals surface area contributed by atoms with Crippen molar-refractivity contribution in [2.24, 2.45) is 0 Å². The summed E-state index contributed by atoms with van der Waals surface area (Å²) in [4.78, 5) is 0.0763. The minimum atomic E-state index is -2.49. The summed E-state index contributed by atoms with van der Waals surface area (Å²) in [5, 5.41) is 0. The van der Waals surface area contributed by atoms with Crippen LogP contribution in [0.15, 0.2) is 0 Å². The van der Waals surface area contributed by atoms with Crippen molar-refractivity contribution in [3.05, 3.63) is 0 Å². The Kier molecular flexibility index (Phi) is 7.07. The molecule has 0 bridgehead atoms. The van der Waals surface area contributed by atoms with Gasteiger partial charge in [-0.25, -0.2) is 0 Å². The van der Waals surface area contributed by atoms with Crippen LogP contribution in [0, 0.1) is 0 Å². The summed E-state index contributed by atoms with van der Waals surface area (Å²) in [6.07, 6.45) is 3.25. The Labute approximate surface area is 87.5 Å². The van der Waals surface area contributed by atoms with E-state index < -0.39 is 8.80 Å². The van der Waals surface area contributed by atoms with Gasteiger partial charge in [0.05, 0.1) is 4.87 Å². The number of rotatable bonds is 7. The van der Waals surface area contributed by atoms with E-state index in [9.17, 15) is 0 Å². The van der Waals surface area contributed by atoms with Crippen molar-refractivity contribution in [2.75, 3.05) is 21.3 Å². The molecule has 1 atom stereocenters. The SMILES string of the molecule is CCCCC(S)[Si](OC)(OC)OC. The third-order valence-electron chi connectivity index (χ3n) is 2.09. The van der Waals surface area contributed by atoms with Gasteiger partial charge >= 0.3 is 8.80 Å². The van der Waals surface area contributed by atoms with Crippen molar-refractivity contribution in [1.29, 1.82) is 0 Å². The van der Waals surface area contributed by atoms with Gasteiger partial charge in [0.2, 0.25) is 0 Å². The van der Waals surface area contributed by atoms with Crippen LogP contribution in [-0.4, -0.2) is 35.0 Å². The van der Waals surface area contributed by atoms with Crippen LogP contribution < -0.4 is 0 Å². The quantitative estimate of drug-likeness (QED) is 0.529. The van der Waals surface area contributed by atoms with E-state index in [4.69, 9.17) is 13.3 Å². The Bertz CT molecular complexity index is 122. The zero-order chi connectivity index (χ0) is 10.3. The topological polar surface area (TPSA) is 27.7 Å². The highest BCUT2D eigenvalue weighted by atomic mass is 32.1. The standard InChI is InChI=1S/C8H20O3SSi/c1-5-6-7-8(12)13(9-2,10-3)11-4/h8,12H,5-7H2,1-4H3. The van der Waals surface area contributed by atoms with Gasteiger partial charge in [-0.3, -0.25) is 0 Å². The van der Waals surface area contributed by atoms with E-state index in [1.54, 1.807) is 21.3 Å². The van der Waals surface area contributed by atoms with E-state index in [-0.39, 0.29) is 4.87 Å². The minimum absolute atomic E-state index is 0.0763. The molecule has 80 valence electrons. The first-order valence-corrected chi connectivity index (χ1v) is 6.82. The van der Waals surface area contributed by atoms with E-state index in [1.807, 2.05) is 0 Å². The summed E-state index contributed by atoms with van der Waals surface area (Å²) in [6.45, 7) is 2.15. The average Bonchev–Trinajstić information content (AvgIpc) is 2.18. The summed E-state index contributed by atoms with van der Waals surface area (Å²) in [5.41, 5.74) is 0. The smallest absolute Gasteiger partial charge is 0.376 e.